The zero-order chi connectivity index (χ0) is 53.6. The summed E-state index contributed by atoms with van der Waals surface area (Å²) in [5.41, 5.74) is -1.70. The molecule has 0 spiro atoms. The molecule has 4 aliphatic rings. The van der Waals surface area contributed by atoms with E-state index in [4.69, 9.17) is 9.47 Å². The second-order valence-corrected chi connectivity index (χ2v) is 21.3. The molecule has 0 unspecified atom stereocenters. The van der Waals surface area contributed by atoms with E-state index in [1.165, 1.54) is 25.8 Å². The molecule has 6 N–H and O–H groups in total. The minimum absolute atomic E-state index is 0.00237. The van der Waals surface area contributed by atoms with Crippen molar-refractivity contribution < 1.29 is 68.4 Å². The van der Waals surface area contributed by atoms with E-state index in [9.17, 15) is 54.1 Å². The molecular weight excluding hydrogens is 921 g/mol. The molecule has 0 saturated carbocycles. The predicted molar refractivity (Wildman–Crippen MR) is 259 cm³/mol. The van der Waals surface area contributed by atoms with Crippen molar-refractivity contribution in [2.45, 2.75) is 207 Å². The molecule has 4 heterocycles. The van der Waals surface area contributed by atoms with E-state index in [0.717, 1.165) is 16.7 Å². The summed E-state index contributed by atoms with van der Waals surface area (Å²) >= 11 is 0. The van der Waals surface area contributed by atoms with Gasteiger partial charge in [0.05, 0.1) is 12.2 Å². The fourth-order valence-electron chi connectivity index (χ4n) is 10.1. The number of allylic oxidation sites excluding steroid dienone is 3. The third kappa shape index (κ3) is 13.1. The maximum atomic E-state index is 15.2. The van der Waals surface area contributed by atoms with Crippen LogP contribution in [0.15, 0.2) is 23.3 Å². The number of likely N-dealkylation sites (N-methyl/N-ethyl adjacent to an activating group) is 1. The van der Waals surface area contributed by atoms with Gasteiger partial charge in [-0.1, -0.05) is 53.7 Å². The zero-order valence-electron chi connectivity index (χ0n) is 44.1. The van der Waals surface area contributed by atoms with Crippen LogP contribution in [0.1, 0.15) is 141 Å². The number of rotatable bonds is 11. The van der Waals surface area contributed by atoms with Crippen molar-refractivity contribution in [2.24, 2.45) is 23.7 Å². The topological polar surface area (TPSA) is 273 Å². The van der Waals surface area contributed by atoms with E-state index in [-0.39, 0.29) is 67.9 Å². The number of carbonyl (C=O) groups is 8. The van der Waals surface area contributed by atoms with Crippen LogP contribution in [0.4, 0.5) is 0 Å². The summed E-state index contributed by atoms with van der Waals surface area (Å²) in [5, 5.41) is 52.3. The number of cyclic esters (lactones) is 1. The first-order chi connectivity index (χ1) is 33.0. The van der Waals surface area contributed by atoms with Gasteiger partial charge in [-0.2, -0.15) is 0 Å². The third-order valence-corrected chi connectivity index (χ3v) is 14.9. The number of nitrogens with zero attached hydrogens (tertiary/aromatic N) is 4. The highest BCUT2D eigenvalue weighted by atomic mass is 16.6. The van der Waals surface area contributed by atoms with Gasteiger partial charge in [-0.25, -0.2) is 9.86 Å². The van der Waals surface area contributed by atoms with Crippen molar-refractivity contribution in [3.63, 3.8) is 0 Å². The zero-order valence-corrected chi connectivity index (χ0v) is 44.1. The molecule has 4 fully saturated rings. The largest absolute Gasteiger partial charge is 0.458 e. The van der Waals surface area contributed by atoms with Gasteiger partial charge in [-0.15, -0.1) is 0 Å². The second kappa shape index (κ2) is 24.3. The van der Waals surface area contributed by atoms with Crippen LogP contribution >= 0.6 is 0 Å². The molecule has 0 aliphatic carbocycles. The van der Waals surface area contributed by atoms with Crippen molar-refractivity contribution in [3.8, 4) is 0 Å². The number of piperidine rings is 2. The third-order valence-electron chi connectivity index (χ3n) is 14.9. The van der Waals surface area contributed by atoms with Gasteiger partial charge in [0.2, 0.25) is 29.4 Å². The van der Waals surface area contributed by atoms with Gasteiger partial charge in [0.1, 0.15) is 36.3 Å². The summed E-state index contributed by atoms with van der Waals surface area (Å²) in [6, 6.07) is -8.97. The molecule has 400 valence electrons. The first-order valence-electron chi connectivity index (χ1n) is 25.4. The molecule has 0 aromatic rings. The Morgan fingerprint density at radius 2 is 1.46 bits per heavy atom. The van der Waals surface area contributed by atoms with Gasteiger partial charge in [0.15, 0.2) is 17.4 Å². The number of Topliss-reactive ketones (excluding diaryl/α,β-unsaturated/α-hetero) is 1. The van der Waals surface area contributed by atoms with Crippen LogP contribution in [0.2, 0.25) is 0 Å². The average molecular weight is 1000 g/mol. The molecule has 71 heavy (non-hydrogen) atoms. The number of ether oxygens (including phenoxy) is 2. The van der Waals surface area contributed by atoms with E-state index >= 15 is 4.79 Å². The number of hydrogen-bond acceptors (Lipinski definition) is 14. The molecule has 13 atom stereocenters. The van der Waals surface area contributed by atoms with Crippen LogP contribution in [0.5, 0.6) is 0 Å². The van der Waals surface area contributed by atoms with Crippen LogP contribution in [0.25, 0.3) is 0 Å². The van der Waals surface area contributed by atoms with Gasteiger partial charge in [-0.3, -0.25) is 38.8 Å². The lowest BCUT2D eigenvalue weighted by Gasteiger charge is -2.48. The number of hydrogen-bond donors (Lipinski definition) is 6. The molecule has 20 nitrogen and oxygen atoms in total. The van der Waals surface area contributed by atoms with Crippen LogP contribution in [0.3, 0.4) is 0 Å². The standard InChI is InChI=1S/C51H82N6O14/c1-14-29(6)40(59)31(8)26-32(9)42-30(7)21-22-51(68,71-42)50(12,67)49(66)53-39-41(28(4)5)70-48(65)38(34(11)58)52-43(60)35-19-15-17-23-55(35)45(62)37(25-27(2)3)54(13)44(61)33(10)57(69)46(63)36-20-16-18-24-56(36)47(39)64/h14,26-28,30-31,33-39,41-42,58,67-69H,15-25H2,1-13H3,(H,52,60)(H,53,66)/b29-14+,32-26+/t30-,31-,33-,34-,35+,36-,37+,38+,39+,41+,42-,50-,51+/m0/s1. The Bertz CT molecular complexity index is 2060. The van der Waals surface area contributed by atoms with Crippen molar-refractivity contribution in [3.05, 3.63) is 23.3 Å². The van der Waals surface area contributed by atoms with Crippen LogP contribution in [0, 0.1) is 23.7 Å². The Morgan fingerprint density at radius 1 is 0.887 bits per heavy atom. The SMILES string of the molecule is C/C=C(\C)C(=O)[C@@H](C)/C=C(\C)[C@H]1O[C@@](O)([C@@](C)(O)C(=O)N[C@H]2C(=O)N3CCCC[C@H]3C(=O)N(O)[C@@H](C)C(=O)N(C)[C@H](CC(C)C)C(=O)N3CCCC[C@@H]3C(=O)N[C@H]([C@H](C)O)C(=O)O[C@@H]2C(C)C)CC[C@@H]1C. The Kier molecular flexibility index (Phi) is 20.1. The van der Waals surface area contributed by atoms with Crippen molar-refractivity contribution in [2.75, 3.05) is 20.1 Å². The monoisotopic (exact) mass is 1000 g/mol. The molecule has 4 aliphatic heterocycles. The second-order valence-electron chi connectivity index (χ2n) is 21.3. The minimum atomic E-state index is -2.82. The summed E-state index contributed by atoms with van der Waals surface area (Å²) < 4.78 is 12.3. The number of esters is 1. The Labute approximate surface area is 418 Å². The molecule has 4 rings (SSSR count). The minimum Gasteiger partial charge on any atom is -0.458 e. The number of hydroxylamine groups is 2. The number of aliphatic hydroxyl groups excluding tert-OH is 1. The molecule has 4 saturated heterocycles. The summed E-state index contributed by atoms with van der Waals surface area (Å²) in [6.07, 6.45) is 1.46. The van der Waals surface area contributed by atoms with Gasteiger partial charge in [0.25, 0.3) is 11.8 Å². The number of nitrogens with one attached hydrogen (secondary N) is 2. The molecule has 6 amide bonds. The first kappa shape index (κ1) is 58.8. The lowest BCUT2D eigenvalue weighted by molar-refractivity contribution is -0.321. The number of amides is 6. The molecular formula is C51H82N6O14. The normalized spacial score (nSPS) is 32.5. The predicted octanol–water partition coefficient (Wildman–Crippen LogP) is 2.53. The average Bonchev–Trinajstić information content (AvgIpc) is 3.33. The number of aliphatic hydroxyl groups is 3. The van der Waals surface area contributed by atoms with E-state index in [2.05, 4.69) is 10.6 Å². The number of fused-ring (bicyclic) bond motifs is 2. The molecule has 20 heteroatoms. The van der Waals surface area contributed by atoms with Crippen molar-refractivity contribution >= 4 is 47.2 Å². The summed E-state index contributed by atoms with van der Waals surface area (Å²) in [6.45, 7) is 19.1. The van der Waals surface area contributed by atoms with E-state index in [1.807, 2.05) is 20.8 Å². The quantitative estimate of drug-likeness (QED) is 0.0752. The molecule has 0 bridgehead atoms. The lowest BCUT2D eigenvalue weighted by Crippen LogP contribution is -2.69. The molecule has 0 aromatic carbocycles. The van der Waals surface area contributed by atoms with Gasteiger partial charge < -0.3 is 50.1 Å². The van der Waals surface area contributed by atoms with E-state index < -0.39 is 119 Å². The van der Waals surface area contributed by atoms with Gasteiger partial charge in [-0.05, 0) is 122 Å². The van der Waals surface area contributed by atoms with Gasteiger partial charge >= 0.3 is 5.97 Å². The first-order valence-corrected chi connectivity index (χ1v) is 25.4. The number of ketones is 1. The highest BCUT2D eigenvalue weighted by Crippen LogP contribution is 2.41. The fraction of sp³-hybridized carbons (Fsp3) is 0.765. The van der Waals surface area contributed by atoms with E-state index in [1.54, 1.807) is 53.7 Å². The highest BCUT2D eigenvalue weighted by Gasteiger charge is 2.58. The molecule has 0 aromatic heterocycles. The van der Waals surface area contributed by atoms with Crippen LogP contribution in [-0.4, -0.2) is 174 Å². The van der Waals surface area contributed by atoms with Crippen LogP contribution < -0.4 is 10.6 Å². The fourth-order valence-corrected chi connectivity index (χ4v) is 10.1. The van der Waals surface area contributed by atoms with Crippen LogP contribution in [-0.2, 0) is 47.8 Å². The van der Waals surface area contributed by atoms with E-state index in [0.29, 0.717) is 36.8 Å². The lowest BCUT2D eigenvalue weighted by atomic mass is 9.80. The maximum absolute atomic E-state index is 15.2. The Morgan fingerprint density at radius 3 is 2.01 bits per heavy atom. The highest BCUT2D eigenvalue weighted by molar-refractivity contribution is 5.98. The van der Waals surface area contributed by atoms with Crippen molar-refractivity contribution in [1.29, 1.82) is 0 Å². The van der Waals surface area contributed by atoms with Crippen molar-refractivity contribution in [1.82, 2.24) is 30.4 Å². The summed E-state index contributed by atoms with van der Waals surface area (Å²) in [5.74, 6) is -11.2. The Balaban J connectivity index is 1.85. The molecule has 0 radical (unpaired) electrons. The smallest absolute Gasteiger partial charge is 0.331 e. The summed E-state index contributed by atoms with van der Waals surface area (Å²) in [7, 11) is 1.37. The number of carbonyl (C=O) groups excluding carboxylic acids is 8. The Hall–Kier alpha value is -4.76. The van der Waals surface area contributed by atoms with Gasteiger partial charge in [0, 0.05) is 32.5 Å². The maximum Gasteiger partial charge on any atom is 0.331 e. The summed E-state index contributed by atoms with van der Waals surface area (Å²) in [4.78, 5) is 118.